The molecule has 124 valence electrons. The SMILES string of the molecule is CC(=O)Nc1cc(SOO[O-])cc2cc(S(=O)(=O)[O-])cc(O)c12.[Na+].[Na+]. The Balaban J connectivity index is 0.00000288. The maximum atomic E-state index is 11.3. The van der Waals surface area contributed by atoms with Crippen molar-refractivity contribution in [1.82, 2.24) is 0 Å². The molecule has 2 aromatic rings. The van der Waals surface area contributed by atoms with Crippen molar-refractivity contribution in [1.29, 1.82) is 0 Å². The third-order valence-corrected chi connectivity index (χ3v) is 4.10. The van der Waals surface area contributed by atoms with E-state index in [-0.39, 0.29) is 80.5 Å². The molecule has 0 unspecified atom stereocenters. The molecule has 0 atom stereocenters. The molecule has 25 heavy (non-hydrogen) atoms. The number of benzene rings is 2. The van der Waals surface area contributed by atoms with Gasteiger partial charge < -0.3 is 20.2 Å². The average molecular weight is 405 g/mol. The van der Waals surface area contributed by atoms with Crippen molar-refractivity contribution in [2.45, 2.75) is 16.7 Å². The van der Waals surface area contributed by atoms with Crippen LogP contribution in [0.5, 0.6) is 5.75 Å². The van der Waals surface area contributed by atoms with Crippen LogP contribution in [-0.2, 0) is 24.3 Å². The summed E-state index contributed by atoms with van der Waals surface area (Å²) in [4.78, 5) is 10.9. The number of carbonyl (C=O) groups excluding carboxylic acids is 1. The van der Waals surface area contributed by atoms with E-state index in [0.717, 1.165) is 12.1 Å². The molecule has 9 nitrogen and oxygen atoms in total. The third-order valence-electron chi connectivity index (χ3n) is 2.73. The molecule has 1 amide bonds. The van der Waals surface area contributed by atoms with Crippen LogP contribution >= 0.6 is 12.0 Å². The number of phenols is 1. The number of anilines is 1. The van der Waals surface area contributed by atoms with E-state index < -0.39 is 26.7 Å². The molecule has 0 saturated carbocycles. The van der Waals surface area contributed by atoms with Gasteiger partial charge in [-0.3, -0.25) is 9.83 Å². The number of rotatable bonds is 5. The van der Waals surface area contributed by atoms with E-state index in [1.165, 1.54) is 19.1 Å². The van der Waals surface area contributed by atoms with E-state index in [1.807, 2.05) is 0 Å². The molecule has 0 saturated heterocycles. The summed E-state index contributed by atoms with van der Waals surface area (Å²) >= 11 is 0.500. The minimum absolute atomic E-state index is 0. The number of amides is 1. The van der Waals surface area contributed by atoms with Gasteiger partial charge >= 0.3 is 59.1 Å². The summed E-state index contributed by atoms with van der Waals surface area (Å²) < 4.78 is 37.5. The van der Waals surface area contributed by atoms with Gasteiger partial charge in [-0.05, 0) is 29.7 Å². The molecule has 13 heteroatoms. The molecule has 0 aliphatic carbocycles. The molecule has 2 N–H and O–H groups in total. The smallest absolute Gasteiger partial charge is 0.744 e. The van der Waals surface area contributed by atoms with Crippen molar-refractivity contribution < 1.29 is 96.6 Å². The van der Waals surface area contributed by atoms with Gasteiger partial charge in [-0.2, -0.15) is 4.33 Å². The fourth-order valence-electron chi connectivity index (χ4n) is 1.97. The van der Waals surface area contributed by atoms with E-state index in [9.17, 15) is 28.1 Å². The molecular weight excluding hydrogens is 396 g/mol. The van der Waals surface area contributed by atoms with Crippen LogP contribution in [-0.4, -0.2) is 24.0 Å². The zero-order valence-electron chi connectivity index (χ0n) is 13.4. The molecule has 0 radical (unpaired) electrons. The first-order valence-corrected chi connectivity index (χ1v) is 8.05. The topological polar surface area (TPSA) is 148 Å². The molecule has 0 bridgehead atoms. The van der Waals surface area contributed by atoms with Crippen molar-refractivity contribution >= 4 is 44.5 Å². The summed E-state index contributed by atoms with van der Waals surface area (Å²) in [5, 5.41) is 25.8. The van der Waals surface area contributed by atoms with Gasteiger partial charge in [0.05, 0.1) is 22.6 Å². The fourth-order valence-corrected chi connectivity index (χ4v) is 2.95. The maximum Gasteiger partial charge on any atom is 1.00 e. The summed E-state index contributed by atoms with van der Waals surface area (Å²) in [5.41, 5.74) is 0.138. The van der Waals surface area contributed by atoms with Gasteiger partial charge in [0.25, 0.3) is 0 Å². The van der Waals surface area contributed by atoms with Crippen molar-refractivity contribution in [2.24, 2.45) is 0 Å². The van der Waals surface area contributed by atoms with Crippen LogP contribution in [0.2, 0.25) is 0 Å². The maximum absolute atomic E-state index is 11.3. The first-order valence-electron chi connectivity index (χ1n) is 5.90. The molecular formula is C12H9NNa2O8S2. The Labute approximate surface area is 191 Å². The normalized spacial score (nSPS) is 10.7. The van der Waals surface area contributed by atoms with Crippen LogP contribution in [0.4, 0.5) is 5.69 Å². The Morgan fingerprint density at radius 1 is 1.24 bits per heavy atom. The minimum atomic E-state index is -4.79. The van der Waals surface area contributed by atoms with Crippen LogP contribution in [0.15, 0.2) is 34.1 Å². The summed E-state index contributed by atoms with van der Waals surface area (Å²) in [6, 6.07) is 4.54. The molecule has 2 aromatic carbocycles. The Morgan fingerprint density at radius 2 is 1.88 bits per heavy atom. The van der Waals surface area contributed by atoms with E-state index >= 15 is 0 Å². The molecule has 0 spiro atoms. The van der Waals surface area contributed by atoms with Crippen molar-refractivity contribution in [3.8, 4) is 5.75 Å². The van der Waals surface area contributed by atoms with Crippen molar-refractivity contribution in [3.05, 3.63) is 24.3 Å². The van der Waals surface area contributed by atoms with Gasteiger partial charge in [0.2, 0.25) is 5.91 Å². The number of carbonyl (C=O) groups is 1. The van der Waals surface area contributed by atoms with Crippen LogP contribution in [0, 0.1) is 0 Å². The second kappa shape index (κ2) is 10.4. The predicted molar refractivity (Wildman–Crippen MR) is 75.9 cm³/mol. The average Bonchev–Trinajstić information content (AvgIpc) is 2.42. The number of nitrogens with one attached hydrogen (secondary N) is 1. The predicted octanol–water partition coefficient (Wildman–Crippen LogP) is -5.35. The Bertz CT molecular complexity index is 875. The van der Waals surface area contributed by atoms with Crippen molar-refractivity contribution in [2.75, 3.05) is 5.32 Å². The summed E-state index contributed by atoms with van der Waals surface area (Å²) in [5.74, 6) is -0.951. The number of phenolic OH excluding ortho intramolecular Hbond substituents is 1. The minimum Gasteiger partial charge on any atom is -0.744 e. The standard InChI is InChI=1S/C12H11NO8S2.2Na/c1-6(14)13-10-4-8(22-21-20-16)2-7-3-9(23(17,18)19)5-11(15)12(7)10;;/h2-5,15-16H,1H3,(H,13,14)(H,17,18,19);;/q;2*+1/p-2. The van der Waals surface area contributed by atoms with Crippen LogP contribution in [0.3, 0.4) is 0 Å². The summed E-state index contributed by atoms with van der Waals surface area (Å²) in [6.45, 7) is 1.23. The van der Waals surface area contributed by atoms with Gasteiger partial charge in [0.15, 0.2) is 0 Å². The quantitative estimate of drug-likeness (QED) is 0.164. The molecule has 2 rings (SSSR count). The largest absolute Gasteiger partial charge is 1.00 e. The molecule has 0 fully saturated rings. The molecule has 0 aliphatic rings. The second-order valence-electron chi connectivity index (χ2n) is 4.37. The van der Waals surface area contributed by atoms with E-state index in [1.54, 1.807) is 0 Å². The molecule has 0 aromatic heterocycles. The van der Waals surface area contributed by atoms with Crippen LogP contribution in [0.1, 0.15) is 6.92 Å². The molecule has 0 heterocycles. The van der Waals surface area contributed by atoms with E-state index in [0.29, 0.717) is 12.0 Å². The third kappa shape index (κ3) is 6.65. The van der Waals surface area contributed by atoms with E-state index in [4.69, 9.17) is 0 Å². The zero-order chi connectivity index (χ0) is 17.2. The van der Waals surface area contributed by atoms with Gasteiger partial charge in [0.1, 0.15) is 15.9 Å². The second-order valence-corrected chi connectivity index (χ2v) is 6.52. The van der Waals surface area contributed by atoms with E-state index in [2.05, 4.69) is 14.7 Å². The van der Waals surface area contributed by atoms with Crippen LogP contribution < -0.4 is 69.7 Å². The first-order chi connectivity index (χ1) is 10.7. The number of hydrogen-bond donors (Lipinski definition) is 2. The Hall–Kier alpha value is 0.110. The van der Waals surface area contributed by atoms with Gasteiger partial charge in [-0.25, -0.2) is 8.42 Å². The van der Waals surface area contributed by atoms with Gasteiger partial charge in [-0.1, -0.05) is 0 Å². The summed E-state index contributed by atoms with van der Waals surface area (Å²) in [6.07, 6.45) is 0. The Morgan fingerprint density at radius 3 is 2.40 bits per heavy atom. The van der Waals surface area contributed by atoms with Gasteiger partial charge in [-0.15, -0.1) is 0 Å². The van der Waals surface area contributed by atoms with Crippen LogP contribution in [0.25, 0.3) is 10.8 Å². The zero-order valence-corrected chi connectivity index (χ0v) is 19.1. The van der Waals surface area contributed by atoms with Crippen molar-refractivity contribution in [3.63, 3.8) is 0 Å². The Kier molecular flexibility index (Phi) is 10.5. The number of fused-ring (bicyclic) bond motifs is 1. The fraction of sp³-hybridized carbons (Fsp3) is 0.0833. The molecule has 0 aliphatic heterocycles. The van der Waals surface area contributed by atoms with Gasteiger partial charge in [0, 0.05) is 17.2 Å². The number of hydrogen-bond acceptors (Lipinski definition) is 9. The monoisotopic (exact) mass is 405 g/mol. The number of aromatic hydroxyl groups is 1. The summed E-state index contributed by atoms with van der Waals surface area (Å²) in [7, 11) is -4.79. The first kappa shape index (κ1) is 25.1.